The number of nitriles is 1. The Bertz CT molecular complexity index is 498. The molecule has 1 aliphatic carbocycles. The van der Waals surface area contributed by atoms with Crippen molar-refractivity contribution in [2.45, 2.75) is 29.4 Å². The molecule has 0 spiro atoms. The van der Waals surface area contributed by atoms with Crippen LogP contribution in [0.25, 0.3) is 0 Å². The van der Waals surface area contributed by atoms with E-state index in [1.807, 2.05) is 0 Å². The van der Waals surface area contributed by atoms with Crippen LogP contribution in [0.15, 0.2) is 23.1 Å². The third-order valence-electron chi connectivity index (χ3n) is 3.00. The summed E-state index contributed by atoms with van der Waals surface area (Å²) in [7, 11) is -1.65. The fourth-order valence-electron chi connectivity index (χ4n) is 2.12. The standard InChI is InChI=1S/C12H11F2NOS/c13-9-4-5-10(14)12(6-9)17(16)11-3-1-2-8(11)7-15/h4-6,8,11H,1-3H2. The van der Waals surface area contributed by atoms with E-state index in [4.69, 9.17) is 5.26 Å². The van der Waals surface area contributed by atoms with Crippen LogP contribution in [0.5, 0.6) is 0 Å². The Morgan fingerprint density at radius 3 is 2.82 bits per heavy atom. The Hall–Kier alpha value is -1.28. The third kappa shape index (κ3) is 2.37. The van der Waals surface area contributed by atoms with Crippen molar-refractivity contribution in [3.8, 4) is 6.07 Å². The van der Waals surface area contributed by atoms with E-state index < -0.39 is 22.4 Å². The zero-order valence-corrected chi connectivity index (χ0v) is 9.84. The van der Waals surface area contributed by atoms with Crippen molar-refractivity contribution >= 4 is 10.8 Å². The van der Waals surface area contributed by atoms with Crippen LogP contribution in [-0.2, 0) is 10.8 Å². The third-order valence-corrected chi connectivity index (χ3v) is 4.86. The number of rotatable bonds is 2. The summed E-state index contributed by atoms with van der Waals surface area (Å²) in [5, 5.41) is 8.53. The number of hydrogen-bond donors (Lipinski definition) is 0. The van der Waals surface area contributed by atoms with Crippen LogP contribution in [0.4, 0.5) is 8.78 Å². The predicted octanol–water partition coefficient (Wildman–Crippen LogP) is 2.76. The van der Waals surface area contributed by atoms with Gasteiger partial charge in [-0.1, -0.05) is 6.42 Å². The molecule has 1 aliphatic rings. The van der Waals surface area contributed by atoms with Gasteiger partial charge < -0.3 is 0 Å². The maximum atomic E-state index is 13.5. The first kappa shape index (κ1) is 12.2. The minimum atomic E-state index is -1.65. The molecule has 1 aromatic rings. The minimum absolute atomic E-state index is 0.128. The van der Waals surface area contributed by atoms with Crippen molar-refractivity contribution in [3.63, 3.8) is 0 Å². The second-order valence-electron chi connectivity index (χ2n) is 4.08. The molecule has 0 saturated heterocycles. The SMILES string of the molecule is N#CC1CCCC1S(=O)c1cc(F)ccc1F. The van der Waals surface area contributed by atoms with Gasteiger partial charge in [-0.3, -0.25) is 4.21 Å². The summed E-state index contributed by atoms with van der Waals surface area (Å²) >= 11 is 0. The van der Waals surface area contributed by atoms with E-state index in [1.165, 1.54) is 0 Å². The van der Waals surface area contributed by atoms with Crippen LogP contribution in [0.1, 0.15) is 19.3 Å². The summed E-state index contributed by atoms with van der Waals surface area (Å²) < 4.78 is 38.6. The van der Waals surface area contributed by atoms with E-state index in [0.717, 1.165) is 24.6 Å². The van der Waals surface area contributed by atoms with Gasteiger partial charge >= 0.3 is 0 Å². The normalized spacial score (nSPS) is 25.5. The molecule has 17 heavy (non-hydrogen) atoms. The lowest BCUT2D eigenvalue weighted by Crippen LogP contribution is -2.20. The molecule has 1 saturated carbocycles. The Balaban J connectivity index is 2.31. The summed E-state index contributed by atoms with van der Waals surface area (Å²) in [5.41, 5.74) is 0. The Kier molecular flexibility index (Phi) is 3.53. The van der Waals surface area contributed by atoms with Gasteiger partial charge in [-0.25, -0.2) is 8.78 Å². The highest BCUT2D eigenvalue weighted by atomic mass is 32.2. The number of benzene rings is 1. The van der Waals surface area contributed by atoms with Gasteiger partial charge in [0.05, 0.1) is 32.9 Å². The van der Waals surface area contributed by atoms with Gasteiger partial charge in [-0.05, 0) is 31.0 Å². The predicted molar refractivity (Wildman–Crippen MR) is 59.5 cm³/mol. The monoisotopic (exact) mass is 255 g/mol. The van der Waals surface area contributed by atoms with Gasteiger partial charge in [0.25, 0.3) is 0 Å². The highest BCUT2D eigenvalue weighted by molar-refractivity contribution is 7.85. The highest BCUT2D eigenvalue weighted by Crippen LogP contribution is 2.32. The smallest absolute Gasteiger partial charge is 0.139 e. The highest BCUT2D eigenvalue weighted by Gasteiger charge is 2.33. The van der Waals surface area contributed by atoms with E-state index in [1.54, 1.807) is 0 Å². The Morgan fingerprint density at radius 1 is 1.35 bits per heavy atom. The average molecular weight is 255 g/mol. The Labute approximate surface area is 101 Å². The van der Waals surface area contributed by atoms with Gasteiger partial charge in [0.2, 0.25) is 0 Å². The summed E-state index contributed by atoms with van der Waals surface area (Å²) in [4.78, 5) is -0.128. The van der Waals surface area contributed by atoms with E-state index in [9.17, 15) is 13.0 Å². The molecule has 0 aliphatic heterocycles. The lowest BCUT2D eigenvalue weighted by atomic mass is 10.1. The fraction of sp³-hybridized carbons (Fsp3) is 0.417. The van der Waals surface area contributed by atoms with Crippen molar-refractivity contribution in [1.82, 2.24) is 0 Å². The topological polar surface area (TPSA) is 40.9 Å². The summed E-state index contributed by atoms with van der Waals surface area (Å²) in [5.74, 6) is -1.60. The van der Waals surface area contributed by atoms with E-state index in [0.29, 0.717) is 12.8 Å². The molecule has 0 N–H and O–H groups in total. The largest absolute Gasteiger partial charge is 0.254 e. The molecular weight excluding hydrogens is 244 g/mol. The first-order chi connectivity index (χ1) is 8.13. The van der Waals surface area contributed by atoms with Gasteiger partial charge in [-0.15, -0.1) is 0 Å². The first-order valence-electron chi connectivity index (χ1n) is 5.38. The van der Waals surface area contributed by atoms with Gasteiger partial charge in [-0.2, -0.15) is 5.26 Å². The fourth-order valence-corrected chi connectivity index (χ4v) is 3.82. The second kappa shape index (κ2) is 4.92. The first-order valence-corrected chi connectivity index (χ1v) is 6.60. The van der Waals surface area contributed by atoms with Crippen molar-refractivity contribution in [3.05, 3.63) is 29.8 Å². The molecule has 0 bridgehead atoms. The molecule has 0 amide bonds. The molecule has 1 aromatic carbocycles. The lowest BCUT2D eigenvalue weighted by molar-refractivity contribution is 0.568. The summed E-state index contributed by atoms with van der Waals surface area (Å²) in [6, 6.07) is 5.01. The molecule has 3 atom stereocenters. The molecule has 5 heteroatoms. The van der Waals surface area contributed by atoms with E-state index >= 15 is 0 Å². The maximum absolute atomic E-state index is 13.5. The van der Waals surface area contributed by atoms with Gasteiger partial charge in [0.1, 0.15) is 11.6 Å². The lowest BCUT2D eigenvalue weighted by Gasteiger charge is -2.13. The van der Waals surface area contributed by atoms with Gasteiger partial charge in [0.15, 0.2) is 0 Å². The van der Waals surface area contributed by atoms with Gasteiger partial charge in [0, 0.05) is 0 Å². The zero-order valence-electron chi connectivity index (χ0n) is 9.03. The number of nitrogens with zero attached hydrogens (tertiary/aromatic N) is 1. The molecule has 90 valence electrons. The van der Waals surface area contributed by atoms with Crippen molar-refractivity contribution in [2.24, 2.45) is 5.92 Å². The van der Waals surface area contributed by atoms with E-state index in [2.05, 4.69) is 6.07 Å². The number of halogens is 2. The average Bonchev–Trinajstić information content (AvgIpc) is 2.79. The maximum Gasteiger partial charge on any atom is 0.139 e. The molecular formula is C12H11F2NOS. The Morgan fingerprint density at radius 2 is 2.12 bits per heavy atom. The van der Waals surface area contributed by atoms with Crippen molar-refractivity contribution in [2.75, 3.05) is 0 Å². The van der Waals surface area contributed by atoms with Crippen LogP contribution in [0, 0.1) is 28.9 Å². The van der Waals surface area contributed by atoms with E-state index in [-0.39, 0.29) is 16.1 Å². The van der Waals surface area contributed by atoms with Crippen LogP contribution >= 0.6 is 0 Å². The summed E-state index contributed by atoms with van der Waals surface area (Å²) in [6.07, 6.45) is 2.12. The number of hydrogen-bond acceptors (Lipinski definition) is 2. The molecule has 0 heterocycles. The quantitative estimate of drug-likeness (QED) is 0.815. The molecule has 1 fully saturated rings. The molecule has 0 radical (unpaired) electrons. The van der Waals surface area contributed by atoms with Crippen LogP contribution in [-0.4, -0.2) is 9.46 Å². The minimum Gasteiger partial charge on any atom is -0.254 e. The summed E-state index contributed by atoms with van der Waals surface area (Å²) in [6.45, 7) is 0. The molecule has 2 rings (SSSR count). The van der Waals surface area contributed by atoms with Crippen LogP contribution < -0.4 is 0 Å². The van der Waals surface area contributed by atoms with Crippen molar-refractivity contribution < 1.29 is 13.0 Å². The molecule has 2 nitrogen and oxygen atoms in total. The van der Waals surface area contributed by atoms with Crippen LogP contribution in [0.2, 0.25) is 0 Å². The molecule has 3 unspecified atom stereocenters. The second-order valence-corrected chi connectivity index (χ2v) is 5.72. The van der Waals surface area contributed by atoms with Crippen molar-refractivity contribution in [1.29, 1.82) is 5.26 Å². The molecule has 0 aromatic heterocycles. The zero-order chi connectivity index (χ0) is 12.4. The van der Waals surface area contributed by atoms with Crippen LogP contribution in [0.3, 0.4) is 0 Å².